The van der Waals surface area contributed by atoms with Crippen LogP contribution in [0.3, 0.4) is 0 Å². The molecule has 3 N–H and O–H groups in total. The lowest BCUT2D eigenvalue weighted by Gasteiger charge is -2.28. The highest BCUT2D eigenvalue weighted by Gasteiger charge is 2.44. The molecule has 148 valence electrons. The van der Waals surface area contributed by atoms with Gasteiger partial charge in [0, 0.05) is 42.5 Å². The second-order valence-corrected chi connectivity index (χ2v) is 6.88. The summed E-state index contributed by atoms with van der Waals surface area (Å²) in [6, 6.07) is 0. The monoisotopic (exact) mass is 444 g/mol. The fourth-order valence-electron chi connectivity index (χ4n) is 2.92. The van der Waals surface area contributed by atoms with Gasteiger partial charge in [0.25, 0.3) is 0 Å². The second kappa shape index (κ2) is 11.9. The van der Waals surface area contributed by atoms with Crippen molar-refractivity contribution in [2.45, 2.75) is 31.6 Å². The quantitative estimate of drug-likeness (QED) is 0.598. The standard InChI is InChI=1S/C15H20N4O3S.3ClH/c20-11-5-15(6-12(11)21,9-17-8-14-19-3-4-23-14)10-22-13-7-16-1-2-18-13;;;/h1-4,7,11-12,17,20-21H,5-6,8-10H2;3*1H/t11-,12+,15?;;;. The van der Waals surface area contributed by atoms with Crippen molar-refractivity contribution in [3.05, 3.63) is 35.2 Å². The van der Waals surface area contributed by atoms with E-state index in [2.05, 4.69) is 20.3 Å². The van der Waals surface area contributed by atoms with E-state index in [1.54, 1.807) is 36.1 Å². The molecule has 0 aromatic carbocycles. The summed E-state index contributed by atoms with van der Waals surface area (Å²) in [5.74, 6) is 0.447. The van der Waals surface area contributed by atoms with E-state index >= 15 is 0 Å². The Morgan fingerprint density at radius 3 is 2.42 bits per heavy atom. The maximum atomic E-state index is 9.94. The van der Waals surface area contributed by atoms with Gasteiger partial charge in [-0.2, -0.15) is 0 Å². The summed E-state index contributed by atoms with van der Waals surface area (Å²) in [6.07, 6.45) is 6.01. The van der Waals surface area contributed by atoms with E-state index in [1.165, 1.54) is 0 Å². The molecule has 1 unspecified atom stereocenters. The number of aliphatic hydroxyl groups is 2. The molecule has 2 aromatic rings. The Labute approximate surface area is 174 Å². The Balaban J connectivity index is 0.00000208. The van der Waals surface area contributed by atoms with Crippen LogP contribution in [0.25, 0.3) is 0 Å². The van der Waals surface area contributed by atoms with Gasteiger partial charge in [0.05, 0.1) is 25.0 Å². The van der Waals surface area contributed by atoms with Crippen molar-refractivity contribution < 1.29 is 14.9 Å². The third kappa shape index (κ3) is 6.77. The van der Waals surface area contributed by atoms with Crippen LogP contribution in [0.4, 0.5) is 0 Å². The predicted molar refractivity (Wildman–Crippen MR) is 107 cm³/mol. The van der Waals surface area contributed by atoms with Gasteiger partial charge in [-0.15, -0.1) is 48.6 Å². The van der Waals surface area contributed by atoms with Gasteiger partial charge in [0.1, 0.15) is 5.01 Å². The van der Waals surface area contributed by atoms with Gasteiger partial charge >= 0.3 is 0 Å². The highest BCUT2D eigenvalue weighted by atomic mass is 35.5. The number of ether oxygens (including phenoxy) is 1. The molecule has 3 rings (SSSR count). The van der Waals surface area contributed by atoms with Crippen molar-refractivity contribution in [3.8, 4) is 5.88 Å². The van der Waals surface area contributed by atoms with Crippen molar-refractivity contribution in [1.82, 2.24) is 20.3 Å². The van der Waals surface area contributed by atoms with Crippen LogP contribution in [0.1, 0.15) is 17.8 Å². The molecule has 1 fully saturated rings. The molecule has 0 radical (unpaired) electrons. The van der Waals surface area contributed by atoms with E-state index in [-0.39, 0.29) is 42.6 Å². The normalized spacial score (nSPS) is 24.1. The highest BCUT2D eigenvalue weighted by molar-refractivity contribution is 7.09. The van der Waals surface area contributed by atoms with Crippen LogP contribution in [0.5, 0.6) is 5.88 Å². The molecule has 26 heavy (non-hydrogen) atoms. The summed E-state index contributed by atoms with van der Waals surface area (Å²) in [5.41, 5.74) is -0.340. The van der Waals surface area contributed by atoms with Crippen LogP contribution in [0.2, 0.25) is 0 Å². The Kier molecular flexibility index (Phi) is 11.5. The molecule has 0 spiro atoms. The van der Waals surface area contributed by atoms with Crippen molar-refractivity contribution in [2.75, 3.05) is 13.2 Å². The molecule has 7 nitrogen and oxygen atoms in total. The van der Waals surface area contributed by atoms with Gasteiger partial charge in [-0.25, -0.2) is 9.97 Å². The minimum Gasteiger partial charge on any atom is -0.476 e. The molecule has 0 aliphatic heterocycles. The lowest BCUT2D eigenvalue weighted by molar-refractivity contribution is 0.0438. The number of rotatable bonds is 7. The Bertz CT molecular complexity index is 599. The molecule has 3 atom stereocenters. The first-order valence-electron chi connectivity index (χ1n) is 7.51. The fraction of sp³-hybridized carbons (Fsp3) is 0.533. The summed E-state index contributed by atoms with van der Waals surface area (Å²) in [5, 5.41) is 26.2. The number of halogens is 3. The minimum atomic E-state index is -0.720. The lowest BCUT2D eigenvalue weighted by Crippen LogP contribution is -2.38. The molecule has 2 heterocycles. The highest BCUT2D eigenvalue weighted by Crippen LogP contribution is 2.38. The smallest absolute Gasteiger partial charge is 0.232 e. The van der Waals surface area contributed by atoms with Crippen molar-refractivity contribution in [1.29, 1.82) is 0 Å². The molecular weight excluding hydrogens is 423 g/mol. The molecule has 0 amide bonds. The minimum absolute atomic E-state index is 0. The number of nitrogens with zero attached hydrogens (tertiary/aromatic N) is 3. The van der Waals surface area contributed by atoms with E-state index < -0.39 is 12.2 Å². The summed E-state index contributed by atoms with van der Waals surface area (Å²) >= 11 is 1.59. The molecule has 11 heteroatoms. The Morgan fingerprint density at radius 1 is 1.12 bits per heavy atom. The number of nitrogens with one attached hydrogen (secondary N) is 1. The first-order valence-corrected chi connectivity index (χ1v) is 8.39. The molecule has 1 aliphatic carbocycles. The van der Waals surface area contributed by atoms with Crippen LogP contribution >= 0.6 is 48.6 Å². The zero-order valence-corrected chi connectivity index (χ0v) is 17.1. The molecule has 1 aliphatic rings. The van der Waals surface area contributed by atoms with Gasteiger partial charge in [0.15, 0.2) is 0 Å². The number of aromatic nitrogens is 3. The molecular formula is C15H23Cl3N4O3S. The molecule has 1 saturated carbocycles. The van der Waals surface area contributed by atoms with Crippen molar-refractivity contribution >= 4 is 48.6 Å². The summed E-state index contributed by atoms with van der Waals surface area (Å²) < 4.78 is 5.73. The number of hydrogen-bond acceptors (Lipinski definition) is 8. The lowest BCUT2D eigenvalue weighted by atomic mass is 9.86. The zero-order chi connectivity index (χ0) is 16.1. The predicted octanol–water partition coefficient (Wildman–Crippen LogP) is 1.87. The van der Waals surface area contributed by atoms with Crippen LogP contribution in [-0.2, 0) is 6.54 Å². The Morgan fingerprint density at radius 2 is 1.85 bits per heavy atom. The van der Waals surface area contributed by atoms with Gasteiger partial charge in [-0.1, -0.05) is 0 Å². The van der Waals surface area contributed by atoms with E-state index in [0.717, 1.165) is 5.01 Å². The van der Waals surface area contributed by atoms with Crippen molar-refractivity contribution in [2.24, 2.45) is 5.41 Å². The van der Waals surface area contributed by atoms with E-state index in [1.807, 2.05) is 5.38 Å². The number of thiazole rings is 1. The van der Waals surface area contributed by atoms with Crippen LogP contribution in [-0.4, -0.2) is 50.5 Å². The van der Waals surface area contributed by atoms with E-state index in [4.69, 9.17) is 4.74 Å². The number of aliphatic hydroxyl groups excluding tert-OH is 2. The van der Waals surface area contributed by atoms with Crippen LogP contribution in [0, 0.1) is 5.41 Å². The summed E-state index contributed by atoms with van der Waals surface area (Å²) in [6.45, 7) is 1.66. The number of hydrogen-bond donors (Lipinski definition) is 3. The third-order valence-corrected chi connectivity index (χ3v) is 4.83. The summed E-state index contributed by atoms with van der Waals surface area (Å²) in [7, 11) is 0. The maximum absolute atomic E-state index is 9.94. The first-order chi connectivity index (χ1) is 11.2. The SMILES string of the molecule is Cl.Cl.Cl.O[C@@H]1CC(CNCc2nccs2)(COc2cnccn2)C[C@@H]1O. The second-order valence-electron chi connectivity index (χ2n) is 5.90. The topological polar surface area (TPSA) is 100 Å². The van der Waals surface area contributed by atoms with Gasteiger partial charge < -0.3 is 20.3 Å². The Hall–Kier alpha value is -0.740. The average molecular weight is 446 g/mol. The molecule has 0 bridgehead atoms. The van der Waals surface area contributed by atoms with Gasteiger partial charge in [0.2, 0.25) is 5.88 Å². The van der Waals surface area contributed by atoms with Crippen LogP contribution < -0.4 is 10.1 Å². The van der Waals surface area contributed by atoms with Gasteiger partial charge in [-0.05, 0) is 12.8 Å². The van der Waals surface area contributed by atoms with Gasteiger partial charge in [-0.3, -0.25) is 4.98 Å². The average Bonchev–Trinajstić information content (AvgIpc) is 3.16. The third-order valence-electron chi connectivity index (χ3n) is 4.05. The largest absolute Gasteiger partial charge is 0.476 e. The summed E-state index contributed by atoms with van der Waals surface area (Å²) in [4.78, 5) is 12.3. The maximum Gasteiger partial charge on any atom is 0.232 e. The first kappa shape index (κ1) is 25.3. The van der Waals surface area contributed by atoms with Crippen LogP contribution in [0.15, 0.2) is 30.2 Å². The fourth-order valence-corrected chi connectivity index (χ4v) is 3.50. The van der Waals surface area contributed by atoms with E-state index in [0.29, 0.717) is 38.4 Å². The molecule has 2 aromatic heterocycles. The van der Waals surface area contributed by atoms with E-state index in [9.17, 15) is 10.2 Å². The molecule has 0 saturated heterocycles. The zero-order valence-electron chi connectivity index (χ0n) is 13.9. The van der Waals surface area contributed by atoms with Crippen molar-refractivity contribution in [3.63, 3.8) is 0 Å².